The Morgan fingerprint density at radius 2 is 1.89 bits per heavy atom. The van der Waals surface area contributed by atoms with E-state index in [-0.39, 0.29) is 0 Å². The van der Waals surface area contributed by atoms with E-state index in [2.05, 4.69) is 25.4 Å². The molecule has 0 spiro atoms. The fourth-order valence-electron chi connectivity index (χ4n) is 3.06. The Kier molecular flexibility index (Phi) is 5.72. The third-order valence-electron chi connectivity index (χ3n) is 4.57. The summed E-state index contributed by atoms with van der Waals surface area (Å²) in [4.78, 5) is 9.25. The molecule has 0 N–H and O–H groups in total. The predicted octanol–water partition coefficient (Wildman–Crippen LogP) is 3.07. The Morgan fingerprint density at radius 3 is 2.63 bits per heavy atom. The fraction of sp³-hybridized carbons (Fsp3) is 0.350. The molecule has 0 bridgehead atoms. The van der Waals surface area contributed by atoms with Gasteiger partial charge in [0.2, 0.25) is 0 Å². The number of hydrogen-bond acceptors (Lipinski definition) is 7. The first-order valence-electron chi connectivity index (χ1n) is 9.11. The highest BCUT2D eigenvalue weighted by Crippen LogP contribution is 2.20. The molecule has 0 unspecified atom stereocenters. The highest BCUT2D eigenvalue weighted by molar-refractivity contribution is 7.09. The first kappa shape index (κ1) is 18.0. The van der Waals surface area contributed by atoms with E-state index in [0.29, 0.717) is 0 Å². The van der Waals surface area contributed by atoms with E-state index >= 15 is 0 Å². The smallest absolute Gasteiger partial charge is 0.151 e. The lowest BCUT2D eigenvalue weighted by molar-refractivity contribution is 0.0341. The molecular weight excluding hydrogens is 358 g/mol. The van der Waals surface area contributed by atoms with E-state index in [1.165, 1.54) is 0 Å². The maximum atomic E-state index is 5.40. The lowest BCUT2D eigenvalue weighted by Gasteiger charge is -2.25. The summed E-state index contributed by atoms with van der Waals surface area (Å²) in [6, 6.07) is 14.1. The Morgan fingerprint density at radius 1 is 1.07 bits per heavy atom. The molecule has 0 aliphatic carbocycles. The van der Waals surface area contributed by atoms with Crippen LogP contribution in [0.2, 0.25) is 0 Å². The molecule has 7 heteroatoms. The van der Waals surface area contributed by atoms with Gasteiger partial charge in [-0.25, -0.2) is 4.98 Å². The summed E-state index contributed by atoms with van der Waals surface area (Å²) < 4.78 is 5.40. The first-order chi connectivity index (χ1) is 13.3. The Hall–Kier alpha value is -2.35. The average Bonchev–Trinajstić information content (AvgIpc) is 3.16. The van der Waals surface area contributed by atoms with Gasteiger partial charge in [0, 0.05) is 31.1 Å². The van der Waals surface area contributed by atoms with Gasteiger partial charge in [-0.2, -0.15) is 0 Å². The molecule has 1 aliphatic heterocycles. The molecule has 0 amide bonds. The van der Waals surface area contributed by atoms with Crippen LogP contribution in [0.15, 0.2) is 47.8 Å². The second-order valence-electron chi connectivity index (χ2n) is 6.62. The lowest BCUT2D eigenvalue weighted by atomic mass is 10.1. The van der Waals surface area contributed by atoms with Gasteiger partial charge in [0.05, 0.1) is 37.7 Å². The zero-order valence-corrected chi connectivity index (χ0v) is 16.2. The number of anilines is 1. The molecule has 27 heavy (non-hydrogen) atoms. The largest absolute Gasteiger partial charge is 0.379 e. The molecule has 2 aromatic heterocycles. The van der Waals surface area contributed by atoms with Crippen LogP contribution in [0.5, 0.6) is 0 Å². The normalized spacial score (nSPS) is 15.0. The number of aromatic nitrogens is 3. The predicted molar refractivity (Wildman–Crippen MR) is 108 cm³/mol. The minimum absolute atomic E-state index is 0.721. The van der Waals surface area contributed by atoms with E-state index in [0.717, 1.165) is 67.2 Å². The third-order valence-corrected chi connectivity index (χ3v) is 5.45. The summed E-state index contributed by atoms with van der Waals surface area (Å²) in [7, 11) is 2.02. The highest BCUT2D eigenvalue weighted by atomic mass is 32.1. The van der Waals surface area contributed by atoms with E-state index in [4.69, 9.17) is 9.72 Å². The number of benzene rings is 1. The van der Waals surface area contributed by atoms with Gasteiger partial charge in [0.25, 0.3) is 0 Å². The van der Waals surface area contributed by atoms with Crippen molar-refractivity contribution in [1.29, 1.82) is 0 Å². The molecule has 0 atom stereocenters. The SMILES string of the molecule is CN(Cc1csc(CN2CCOCC2)n1)c1ccc(-c2ccccc2)nn1. The Labute approximate surface area is 163 Å². The summed E-state index contributed by atoms with van der Waals surface area (Å²) in [6.07, 6.45) is 0. The molecule has 0 radical (unpaired) electrons. The lowest BCUT2D eigenvalue weighted by Crippen LogP contribution is -2.35. The zero-order valence-electron chi connectivity index (χ0n) is 15.4. The summed E-state index contributed by atoms with van der Waals surface area (Å²) in [6.45, 7) is 5.23. The summed E-state index contributed by atoms with van der Waals surface area (Å²) in [5.74, 6) is 0.845. The van der Waals surface area contributed by atoms with E-state index < -0.39 is 0 Å². The Balaban J connectivity index is 1.36. The molecule has 140 valence electrons. The topological polar surface area (TPSA) is 54.4 Å². The van der Waals surface area contributed by atoms with Crippen molar-refractivity contribution in [2.75, 3.05) is 38.3 Å². The van der Waals surface area contributed by atoms with Crippen molar-refractivity contribution in [1.82, 2.24) is 20.1 Å². The zero-order chi connectivity index (χ0) is 18.5. The van der Waals surface area contributed by atoms with Crippen LogP contribution >= 0.6 is 11.3 Å². The van der Waals surface area contributed by atoms with Crippen molar-refractivity contribution in [3.05, 3.63) is 58.5 Å². The molecule has 1 aliphatic rings. The molecule has 4 rings (SSSR count). The van der Waals surface area contributed by atoms with Crippen LogP contribution in [0.1, 0.15) is 10.7 Å². The molecule has 1 fully saturated rings. The van der Waals surface area contributed by atoms with Gasteiger partial charge >= 0.3 is 0 Å². The van der Waals surface area contributed by atoms with Gasteiger partial charge in [0.1, 0.15) is 5.01 Å². The number of rotatable bonds is 6. The van der Waals surface area contributed by atoms with Crippen LogP contribution in [-0.4, -0.2) is 53.4 Å². The number of hydrogen-bond donors (Lipinski definition) is 0. The second-order valence-corrected chi connectivity index (χ2v) is 7.56. The maximum Gasteiger partial charge on any atom is 0.151 e. The number of ether oxygens (including phenoxy) is 1. The maximum absolute atomic E-state index is 5.40. The monoisotopic (exact) mass is 381 g/mol. The van der Waals surface area contributed by atoms with Crippen molar-refractivity contribution < 1.29 is 4.74 Å². The molecule has 1 saturated heterocycles. The number of morpholine rings is 1. The van der Waals surface area contributed by atoms with Crippen LogP contribution in [0, 0.1) is 0 Å². The molecule has 3 heterocycles. The van der Waals surface area contributed by atoms with Gasteiger partial charge in [-0.15, -0.1) is 21.5 Å². The van der Waals surface area contributed by atoms with Gasteiger partial charge in [-0.05, 0) is 12.1 Å². The summed E-state index contributed by atoms with van der Waals surface area (Å²) in [5, 5.41) is 12.0. The Bertz CT molecular complexity index is 846. The highest BCUT2D eigenvalue weighted by Gasteiger charge is 2.14. The minimum Gasteiger partial charge on any atom is -0.379 e. The van der Waals surface area contributed by atoms with Crippen molar-refractivity contribution in [3.63, 3.8) is 0 Å². The van der Waals surface area contributed by atoms with Crippen molar-refractivity contribution in [2.45, 2.75) is 13.1 Å². The minimum atomic E-state index is 0.721. The average molecular weight is 382 g/mol. The van der Waals surface area contributed by atoms with Crippen LogP contribution in [0.25, 0.3) is 11.3 Å². The van der Waals surface area contributed by atoms with Crippen molar-refractivity contribution in [3.8, 4) is 11.3 Å². The van der Waals surface area contributed by atoms with E-state index in [9.17, 15) is 0 Å². The van der Waals surface area contributed by atoms with E-state index in [1.54, 1.807) is 11.3 Å². The molecule has 3 aromatic rings. The van der Waals surface area contributed by atoms with Gasteiger partial charge in [0.15, 0.2) is 5.82 Å². The molecule has 0 saturated carbocycles. The summed E-state index contributed by atoms with van der Waals surface area (Å²) in [5.41, 5.74) is 3.03. The molecular formula is C20H23N5OS. The van der Waals surface area contributed by atoms with Crippen molar-refractivity contribution in [2.24, 2.45) is 0 Å². The van der Waals surface area contributed by atoms with Crippen LogP contribution < -0.4 is 4.90 Å². The second kappa shape index (κ2) is 8.56. The third kappa shape index (κ3) is 4.68. The van der Waals surface area contributed by atoms with Crippen molar-refractivity contribution >= 4 is 17.2 Å². The van der Waals surface area contributed by atoms with E-state index in [1.807, 2.05) is 49.5 Å². The van der Waals surface area contributed by atoms with Crippen LogP contribution in [0.4, 0.5) is 5.82 Å². The van der Waals surface area contributed by atoms with Gasteiger partial charge in [-0.1, -0.05) is 30.3 Å². The van der Waals surface area contributed by atoms with Gasteiger partial charge < -0.3 is 9.64 Å². The first-order valence-corrected chi connectivity index (χ1v) is 9.99. The molecule has 1 aromatic carbocycles. The number of nitrogens with zero attached hydrogens (tertiary/aromatic N) is 5. The van der Waals surface area contributed by atoms with Crippen LogP contribution in [-0.2, 0) is 17.8 Å². The fourth-order valence-corrected chi connectivity index (χ4v) is 3.89. The molecule has 6 nitrogen and oxygen atoms in total. The standard InChI is InChI=1S/C20H23N5OS/c1-24(19-8-7-18(22-23-19)16-5-3-2-4-6-16)13-17-15-27-20(21-17)14-25-9-11-26-12-10-25/h2-8,15H,9-14H2,1H3. The van der Waals surface area contributed by atoms with Gasteiger partial charge in [-0.3, -0.25) is 4.90 Å². The quantitative estimate of drug-likeness (QED) is 0.654. The number of thiazole rings is 1. The van der Waals surface area contributed by atoms with Crippen LogP contribution in [0.3, 0.4) is 0 Å². The summed E-state index contributed by atoms with van der Waals surface area (Å²) >= 11 is 1.72.